The maximum Gasteiger partial charge on any atom is 0.222 e. The van der Waals surface area contributed by atoms with Gasteiger partial charge in [0.05, 0.1) is 22.8 Å². The molecule has 3 rings (SSSR count). The van der Waals surface area contributed by atoms with Crippen LogP contribution < -0.4 is 10.1 Å². The fourth-order valence-corrected chi connectivity index (χ4v) is 4.91. The molecule has 1 aliphatic heterocycles. The zero-order chi connectivity index (χ0) is 17.2. The number of aromatic nitrogens is 2. The van der Waals surface area contributed by atoms with E-state index < -0.39 is 9.84 Å². The molecule has 6 nitrogen and oxygen atoms in total. The molecule has 0 amide bonds. The number of aryl methyl sites for hydroxylation is 2. The van der Waals surface area contributed by atoms with E-state index in [0.29, 0.717) is 30.5 Å². The van der Waals surface area contributed by atoms with Crippen LogP contribution in [0.15, 0.2) is 30.3 Å². The van der Waals surface area contributed by atoms with E-state index in [4.69, 9.17) is 4.74 Å². The molecule has 0 bridgehead atoms. The fraction of sp³-hybridized carbons (Fsp3) is 0.471. The molecule has 130 valence electrons. The molecule has 24 heavy (non-hydrogen) atoms. The molecule has 1 unspecified atom stereocenters. The Morgan fingerprint density at radius 1 is 1.33 bits per heavy atom. The second kappa shape index (κ2) is 6.94. The number of nitrogens with one attached hydrogen (secondary N) is 1. The van der Waals surface area contributed by atoms with Gasteiger partial charge < -0.3 is 10.1 Å². The third-order valence-corrected chi connectivity index (χ3v) is 6.15. The number of ether oxygens (including phenoxy) is 1. The third kappa shape index (κ3) is 3.96. The molecule has 1 saturated heterocycles. The number of benzene rings is 1. The number of sulfone groups is 1. The van der Waals surface area contributed by atoms with E-state index >= 15 is 0 Å². The van der Waals surface area contributed by atoms with Crippen LogP contribution in [-0.2, 0) is 23.4 Å². The van der Waals surface area contributed by atoms with E-state index in [1.54, 1.807) is 4.68 Å². The molecule has 2 aromatic rings. The Labute approximate surface area is 142 Å². The van der Waals surface area contributed by atoms with E-state index in [1.165, 1.54) is 0 Å². The predicted molar refractivity (Wildman–Crippen MR) is 92.9 cm³/mol. The highest BCUT2D eigenvalue weighted by Crippen LogP contribution is 2.27. The highest BCUT2D eigenvalue weighted by Gasteiger charge is 2.27. The van der Waals surface area contributed by atoms with Gasteiger partial charge in [0, 0.05) is 13.6 Å². The van der Waals surface area contributed by atoms with Crippen molar-refractivity contribution < 1.29 is 13.2 Å². The first-order chi connectivity index (χ1) is 11.4. The Hall–Kier alpha value is -1.86. The average Bonchev–Trinajstić information content (AvgIpc) is 3.01. The summed E-state index contributed by atoms with van der Waals surface area (Å²) in [5, 5.41) is 7.80. The van der Waals surface area contributed by atoms with Crippen molar-refractivity contribution in [2.45, 2.75) is 19.9 Å². The summed E-state index contributed by atoms with van der Waals surface area (Å²) in [7, 11) is -0.965. The number of hydrogen-bond donors (Lipinski definition) is 1. The zero-order valence-electron chi connectivity index (χ0n) is 14.0. The van der Waals surface area contributed by atoms with Gasteiger partial charge in [-0.25, -0.2) is 13.1 Å². The van der Waals surface area contributed by atoms with Crippen LogP contribution in [0.1, 0.15) is 17.7 Å². The maximum absolute atomic E-state index is 11.5. The smallest absolute Gasteiger partial charge is 0.222 e. The van der Waals surface area contributed by atoms with Gasteiger partial charge in [-0.2, -0.15) is 5.10 Å². The minimum atomic E-state index is -2.82. The van der Waals surface area contributed by atoms with Gasteiger partial charge >= 0.3 is 0 Å². The van der Waals surface area contributed by atoms with Crippen LogP contribution in [-0.4, -0.2) is 36.2 Å². The van der Waals surface area contributed by atoms with Crippen LogP contribution in [0.4, 0.5) is 0 Å². The number of rotatable bonds is 6. The topological polar surface area (TPSA) is 73.2 Å². The van der Waals surface area contributed by atoms with Crippen LogP contribution >= 0.6 is 0 Å². The van der Waals surface area contributed by atoms with Crippen molar-refractivity contribution in [2.75, 3.05) is 18.1 Å². The molecule has 1 aliphatic rings. The fourth-order valence-electron chi connectivity index (χ4n) is 3.05. The molecule has 0 radical (unpaired) electrons. The SMILES string of the molecule is Cc1nn(C)c(Oc2ccccc2)c1CNCC1CCS(=O)(=O)C1. The van der Waals surface area contributed by atoms with E-state index in [9.17, 15) is 8.42 Å². The van der Waals surface area contributed by atoms with Crippen molar-refractivity contribution in [1.82, 2.24) is 15.1 Å². The van der Waals surface area contributed by atoms with E-state index in [0.717, 1.165) is 23.4 Å². The normalized spacial score (nSPS) is 19.5. The highest BCUT2D eigenvalue weighted by molar-refractivity contribution is 7.91. The quantitative estimate of drug-likeness (QED) is 0.864. The molecule has 7 heteroatoms. The van der Waals surface area contributed by atoms with Crippen molar-refractivity contribution in [1.29, 1.82) is 0 Å². The molecule has 1 fully saturated rings. The summed E-state index contributed by atoms with van der Waals surface area (Å²) in [5.41, 5.74) is 1.91. The molecule has 0 saturated carbocycles. The van der Waals surface area contributed by atoms with E-state index in [2.05, 4.69) is 10.4 Å². The average molecular weight is 349 g/mol. The summed E-state index contributed by atoms with van der Waals surface area (Å²) in [5.74, 6) is 2.28. The first-order valence-electron chi connectivity index (χ1n) is 8.11. The van der Waals surface area contributed by atoms with Gasteiger partial charge in [0.2, 0.25) is 5.88 Å². The van der Waals surface area contributed by atoms with Gasteiger partial charge in [0.15, 0.2) is 9.84 Å². The highest BCUT2D eigenvalue weighted by atomic mass is 32.2. The molecule has 0 spiro atoms. The predicted octanol–water partition coefficient (Wildman–Crippen LogP) is 2.05. The molecule has 1 atom stereocenters. The number of hydrogen-bond acceptors (Lipinski definition) is 5. The molecular weight excluding hydrogens is 326 g/mol. The summed E-state index contributed by atoms with van der Waals surface area (Å²) in [4.78, 5) is 0. The monoisotopic (exact) mass is 349 g/mol. The lowest BCUT2D eigenvalue weighted by molar-refractivity contribution is 0.422. The molecular formula is C17H23N3O3S. The van der Waals surface area contributed by atoms with Gasteiger partial charge in [0.1, 0.15) is 5.75 Å². The zero-order valence-corrected chi connectivity index (χ0v) is 14.8. The minimum absolute atomic E-state index is 0.200. The standard InChI is InChI=1S/C17H23N3O3S/c1-13-16(11-18-10-14-8-9-24(21,22)12-14)17(20(2)19-13)23-15-6-4-3-5-7-15/h3-7,14,18H,8-12H2,1-2H3. The molecule has 0 aliphatic carbocycles. The molecule has 1 N–H and O–H groups in total. The van der Waals surface area contributed by atoms with Crippen LogP contribution in [0.5, 0.6) is 11.6 Å². The van der Waals surface area contributed by atoms with Crippen LogP contribution in [0.25, 0.3) is 0 Å². The van der Waals surface area contributed by atoms with Crippen molar-refractivity contribution in [3.05, 3.63) is 41.6 Å². The summed E-state index contributed by atoms with van der Waals surface area (Å²) in [6, 6.07) is 9.61. The lowest BCUT2D eigenvalue weighted by atomic mass is 10.1. The summed E-state index contributed by atoms with van der Waals surface area (Å²) in [6.07, 6.45) is 0.745. The van der Waals surface area contributed by atoms with E-state index in [-0.39, 0.29) is 5.92 Å². The molecule has 1 aromatic carbocycles. The Kier molecular flexibility index (Phi) is 4.91. The number of nitrogens with zero attached hydrogens (tertiary/aromatic N) is 2. The minimum Gasteiger partial charge on any atom is -0.439 e. The first-order valence-corrected chi connectivity index (χ1v) is 9.93. The number of para-hydroxylation sites is 1. The van der Waals surface area contributed by atoms with Crippen molar-refractivity contribution in [3.8, 4) is 11.6 Å². The van der Waals surface area contributed by atoms with Gasteiger partial charge in [-0.1, -0.05) is 18.2 Å². The largest absolute Gasteiger partial charge is 0.439 e. The van der Waals surface area contributed by atoms with Crippen molar-refractivity contribution in [3.63, 3.8) is 0 Å². The van der Waals surface area contributed by atoms with Gasteiger partial charge in [0.25, 0.3) is 0 Å². The van der Waals surface area contributed by atoms with Crippen molar-refractivity contribution >= 4 is 9.84 Å². The van der Waals surface area contributed by atoms with Crippen molar-refractivity contribution in [2.24, 2.45) is 13.0 Å². The Balaban J connectivity index is 1.65. The second-order valence-corrected chi connectivity index (χ2v) is 8.54. The summed E-state index contributed by atoms with van der Waals surface area (Å²) in [6.45, 7) is 3.26. The molecule has 2 heterocycles. The van der Waals surface area contributed by atoms with Crippen LogP contribution in [0.2, 0.25) is 0 Å². The van der Waals surface area contributed by atoms with Gasteiger partial charge in [-0.15, -0.1) is 0 Å². The first kappa shape index (κ1) is 17.0. The van der Waals surface area contributed by atoms with Gasteiger partial charge in [-0.3, -0.25) is 0 Å². The lowest BCUT2D eigenvalue weighted by Crippen LogP contribution is -2.23. The Bertz CT molecular complexity index is 800. The molecule has 1 aromatic heterocycles. The lowest BCUT2D eigenvalue weighted by Gasteiger charge is -2.12. The van der Waals surface area contributed by atoms with Gasteiger partial charge in [-0.05, 0) is 37.9 Å². The third-order valence-electron chi connectivity index (χ3n) is 4.31. The van der Waals surface area contributed by atoms with E-state index in [1.807, 2.05) is 44.3 Å². The van der Waals surface area contributed by atoms with Crippen LogP contribution in [0, 0.1) is 12.8 Å². The Morgan fingerprint density at radius 3 is 2.75 bits per heavy atom. The maximum atomic E-state index is 11.5. The second-order valence-electron chi connectivity index (χ2n) is 6.31. The Morgan fingerprint density at radius 2 is 2.08 bits per heavy atom. The summed E-state index contributed by atoms with van der Waals surface area (Å²) >= 11 is 0. The van der Waals surface area contributed by atoms with Crippen LogP contribution in [0.3, 0.4) is 0 Å². The summed E-state index contributed by atoms with van der Waals surface area (Å²) < 4.78 is 30.8.